The number of hydrogen-bond acceptors (Lipinski definition) is 3. The largest absolute Gasteiger partial charge is 0.295 e. The lowest BCUT2D eigenvalue weighted by atomic mass is 10.1. The van der Waals surface area contributed by atoms with Crippen molar-refractivity contribution in [1.29, 1.82) is 0 Å². The lowest BCUT2D eigenvalue weighted by Crippen LogP contribution is -2.08. The van der Waals surface area contributed by atoms with Gasteiger partial charge in [-0.15, -0.1) is 0 Å². The van der Waals surface area contributed by atoms with Crippen molar-refractivity contribution in [3.63, 3.8) is 0 Å². The van der Waals surface area contributed by atoms with Crippen molar-refractivity contribution in [2.75, 3.05) is 5.32 Å². The fraction of sp³-hybridized carbons (Fsp3) is 0.0833. The SMILES string of the molecule is CC(=O)Nc1ncc(-c2ccc(Cl)cc2Cl)cn1. The maximum Gasteiger partial charge on any atom is 0.229 e. The minimum atomic E-state index is -0.215. The van der Waals surface area contributed by atoms with Crippen LogP contribution < -0.4 is 5.32 Å². The van der Waals surface area contributed by atoms with Crippen LogP contribution in [-0.2, 0) is 4.79 Å². The molecule has 0 spiro atoms. The topological polar surface area (TPSA) is 54.9 Å². The predicted molar refractivity (Wildman–Crippen MR) is 71.8 cm³/mol. The van der Waals surface area contributed by atoms with Crippen molar-refractivity contribution in [2.45, 2.75) is 6.92 Å². The summed E-state index contributed by atoms with van der Waals surface area (Å²) in [7, 11) is 0. The Hall–Kier alpha value is -1.65. The molecule has 0 aliphatic carbocycles. The predicted octanol–water partition coefficient (Wildman–Crippen LogP) is 3.41. The third kappa shape index (κ3) is 2.97. The number of amides is 1. The Bertz CT molecular complexity index is 584. The van der Waals surface area contributed by atoms with E-state index < -0.39 is 0 Å². The van der Waals surface area contributed by atoms with Crippen LogP contribution in [0.3, 0.4) is 0 Å². The summed E-state index contributed by atoms with van der Waals surface area (Å²) in [6.07, 6.45) is 3.18. The van der Waals surface area contributed by atoms with Crippen molar-refractivity contribution in [1.82, 2.24) is 9.97 Å². The molecule has 0 atom stereocenters. The molecule has 18 heavy (non-hydrogen) atoms. The van der Waals surface area contributed by atoms with Gasteiger partial charge in [0.25, 0.3) is 0 Å². The molecule has 1 heterocycles. The summed E-state index contributed by atoms with van der Waals surface area (Å²) in [5.41, 5.74) is 1.54. The number of hydrogen-bond donors (Lipinski definition) is 1. The first-order valence-electron chi connectivity index (χ1n) is 5.11. The number of carbonyl (C=O) groups is 1. The molecule has 0 aliphatic rings. The molecule has 0 bridgehead atoms. The van der Waals surface area contributed by atoms with Gasteiger partial charge in [0.1, 0.15) is 0 Å². The quantitative estimate of drug-likeness (QED) is 0.918. The van der Waals surface area contributed by atoms with E-state index in [1.807, 2.05) is 0 Å². The lowest BCUT2D eigenvalue weighted by Gasteiger charge is -2.05. The molecule has 0 saturated carbocycles. The van der Waals surface area contributed by atoms with Gasteiger partial charge in [0.05, 0.1) is 0 Å². The highest BCUT2D eigenvalue weighted by Gasteiger charge is 2.06. The number of nitrogens with zero attached hydrogens (tertiary/aromatic N) is 2. The first-order valence-corrected chi connectivity index (χ1v) is 5.87. The van der Waals surface area contributed by atoms with Crippen LogP contribution in [0, 0.1) is 0 Å². The van der Waals surface area contributed by atoms with Crippen LogP contribution in [0.25, 0.3) is 11.1 Å². The van der Waals surface area contributed by atoms with Crippen molar-refractivity contribution >= 4 is 35.1 Å². The molecule has 1 N–H and O–H groups in total. The van der Waals surface area contributed by atoms with Crippen molar-refractivity contribution in [3.05, 3.63) is 40.6 Å². The second kappa shape index (κ2) is 5.33. The van der Waals surface area contributed by atoms with Crippen LogP contribution >= 0.6 is 23.2 Å². The lowest BCUT2D eigenvalue weighted by molar-refractivity contribution is -0.114. The molecular formula is C12H9Cl2N3O. The van der Waals surface area contributed by atoms with Gasteiger partial charge in [-0.2, -0.15) is 0 Å². The molecule has 6 heteroatoms. The van der Waals surface area contributed by atoms with E-state index >= 15 is 0 Å². The number of anilines is 1. The number of carbonyl (C=O) groups excluding carboxylic acids is 1. The van der Waals surface area contributed by atoms with E-state index in [4.69, 9.17) is 23.2 Å². The Labute approximate surface area is 114 Å². The standard InChI is InChI=1S/C12H9Cl2N3O/c1-7(18)17-12-15-5-8(6-16-12)10-3-2-9(13)4-11(10)14/h2-6H,1H3,(H,15,16,17,18). The van der Waals surface area contributed by atoms with E-state index in [9.17, 15) is 4.79 Å². The van der Waals surface area contributed by atoms with Gasteiger partial charge in [-0.25, -0.2) is 9.97 Å². The third-order valence-electron chi connectivity index (χ3n) is 2.18. The highest BCUT2D eigenvalue weighted by Crippen LogP contribution is 2.29. The molecule has 2 rings (SSSR count). The number of nitrogens with one attached hydrogen (secondary N) is 1. The van der Waals surface area contributed by atoms with Gasteiger partial charge in [-0.05, 0) is 12.1 Å². The molecule has 0 radical (unpaired) electrons. The van der Waals surface area contributed by atoms with E-state index in [0.29, 0.717) is 10.0 Å². The van der Waals surface area contributed by atoms with Crippen molar-refractivity contribution < 1.29 is 4.79 Å². The monoisotopic (exact) mass is 281 g/mol. The first kappa shape index (κ1) is 12.8. The van der Waals surface area contributed by atoms with Gasteiger partial charge in [-0.1, -0.05) is 29.3 Å². The molecular weight excluding hydrogens is 273 g/mol. The Morgan fingerprint density at radius 1 is 1.22 bits per heavy atom. The first-order chi connectivity index (χ1) is 8.56. The summed E-state index contributed by atoms with van der Waals surface area (Å²) >= 11 is 11.9. The third-order valence-corrected chi connectivity index (χ3v) is 2.73. The Morgan fingerprint density at radius 3 is 2.44 bits per heavy atom. The van der Waals surface area contributed by atoms with Crippen molar-refractivity contribution in [3.8, 4) is 11.1 Å². The average molecular weight is 282 g/mol. The van der Waals surface area contributed by atoms with Crippen LogP contribution in [0.5, 0.6) is 0 Å². The molecule has 2 aromatic rings. The Balaban J connectivity index is 2.31. The Kier molecular flexibility index (Phi) is 3.79. The molecule has 0 unspecified atom stereocenters. The summed E-state index contributed by atoms with van der Waals surface area (Å²) in [4.78, 5) is 18.9. The van der Waals surface area contributed by atoms with Gasteiger partial charge >= 0.3 is 0 Å². The summed E-state index contributed by atoms with van der Waals surface area (Å²) < 4.78 is 0. The summed E-state index contributed by atoms with van der Waals surface area (Å²) in [5, 5.41) is 3.59. The summed E-state index contributed by atoms with van der Waals surface area (Å²) in [5.74, 6) is 0.0450. The average Bonchev–Trinajstić information content (AvgIpc) is 2.30. The molecule has 4 nitrogen and oxygen atoms in total. The minimum Gasteiger partial charge on any atom is -0.295 e. The molecule has 0 saturated heterocycles. The molecule has 1 aromatic heterocycles. The van der Waals surface area contributed by atoms with E-state index in [1.54, 1.807) is 30.6 Å². The molecule has 1 aromatic carbocycles. The van der Waals surface area contributed by atoms with Gasteiger partial charge in [-0.3, -0.25) is 10.1 Å². The minimum absolute atomic E-state index is 0.215. The maximum atomic E-state index is 10.8. The van der Waals surface area contributed by atoms with Gasteiger partial charge in [0.2, 0.25) is 11.9 Å². The van der Waals surface area contributed by atoms with Crippen LogP contribution in [0.15, 0.2) is 30.6 Å². The zero-order valence-corrected chi connectivity index (χ0v) is 11.0. The second-order valence-electron chi connectivity index (χ2n) is 3.60. The Morgan fingerprint density at radius 2 is 1.89 bits per heavy atom. The molecule has 1 amide bonds. The van der Waals surface area contributed by atoms with Crippen LogP contribution in [0.1, 0.15) is 6.92 Å². The van der Waals surface area contributed by atoms with Crippen LogP contribution in [-0.4, -0.2) is 15.9 Å². The van der Waals surface area contributed by atoms with E-state index in [2.05, 4.69) is 15.3 Å². The van der Waals surface area contributed by atoms with Crippen molar-refractivity contribution in [2.24, 2.45) is 0 Å². The molecule has 0 aliphatic heterocycles. The van der Waals surface area contributed by atoms with E-state index in [0.717, 1.165) is 11.1 Å². The maximum absolute atomic E-state index is 10.8. The number of rotatable bonds is 2. The van der Waals surface area contributed by atoms with Gasteiger partial charge in [0, 0.05) is 40.5 Å². The van der Waals surface area contributed by atoms with E-state index in [1.165, 1.54) is 6.92 Å². The number of halogens is 2. The molecule has 0 fully saturated rings. The fourth-order valence-electron chi connectivity index (χ4n) is 1.41. The van der Waals surface area contributed by atoms with Gasteiger partial charge in [0.15, 0.2) is 0 Å². The van der Waals surface area contributed by atoms with Crippen LogP contribution in [0.4, 0.5) is 5.95 Å². The van der Waals surface area contributed by atoms with Gasteiger partial charge < -0.3 is 0 Å². The second-order valence-corrected chi connectivity index (χ2v) is 4.44. The fourth-order valence-corrected chi connectivity index (χ4v) is 1.93. The normalized spacial score (nSPS) is 10.2. The van der Waals surface area contributed by atoms with Crippen LogP contribution in [0.2, 0.25) is 10.0 Å². The summed E-state index contributed by atoms with van der Waals surface area (Å²) in [6, 6.07) is 5.19. The molecule has 92 valence electrons. The smallest absolute Gasteiger partial charge is 0.229 e. The highest BCUT2D eigenvalue weighted by molar-refractivity contribution is 6.36. The number of benzene rings is 1. The van der Waals surface area contributed by atoms with E-state index in [-0.39, 0.29) is 11.9 Å². The summed E-state index contributed by atoms with van der Waals surface area (Å²) in [6.45, 7) is 1.40. The highest BCUT2D eigenvalue weighted by atomic mass is 35.5. The number of aromatic nitrogens is 2. The zero-order chi connectivity index (χ0) is 13.1. The zero-order valence-electron chi connectivity index (χ0n) is 9.45.